The van der Waals surface area contributed by atoms with Crippen LogP contribution in [0.2, 0.25) is 0 Å². The van der Waals surface area contributed by atoms with Gasteiger partial charge in [-0.25, -0.2) is 4.98 Å². The molecule has 3 atom stereocenters. The summed E-state index contributed by atoms with van der Waals surface area (Å²) in [5, 5.41) is 6.01. The molecule has 80 heavy (non-hydrogen) atoms. The Bertz CT molecular complexity index is 2970. The molecule has 430 valence electrons. The van der Waals surface area contributed by atoms with Gasteiger partial charge in [0.05, 0.1) is 41.9 Å². The van der Waals surface area contributed by atoms with Crippen molar-refractivity contribution in [1.82, 2.24) is 30.4 Å². The number of aryl methyl sites for hydroxylation is 4. The average Bonchev–Trinajstić information content (AvgIpc) is 4.09. The molecule has 0 aliphatic carbocycles. The highest BCUT2D eigenvalue weighted by atomic mass is 32.1. The molecule has 3 aromatic carbocycles. The molecule has 0 radical (unpaired) electrons. The highest BCUT2D eigenvalue weighted by Gasteiger charge is 2.43. The van der Waals surface area contributed by atoms with Gasteiger partial charge in [0.25, 0.3) is 11.5 Å². The quantitative estimate of drug-likeness (QED) is 0.0533. The lowest BCUT2D eigenvalue weighted by Gasteiger charge is -2.37. The molecule has 3 amide bonds. The molecular weight excluding hydrogens is 1030 g/mol. The Morgan fingerprint density at radius 3 is 2.25 bits per heavy atom. The maximum absolute atomic E-state index is 14.2. The number of ether oxygens (including phenoxy) is 3. The van der Waals surface area contributed by atoms with Crippen molar-refractivity contribution in [2.45, 2.75) is 119 Å². The van der Waals surface area contributed by atoms with Gasteiger partial charge in [-0.2, -0.15) is 0 Å². The molecule has 8 rings (SSSR count). The number of hydrogen-bond donors (Lipinski definition) is 3. The number of benzene rings is 3. The fourth-order valence-corrected chi connectivity index (χ4v) is 12.3. The molecular formula is C63H84N8O8S. The number of Topliss-reactive ketones (excluding diaryl/α,β-unsaturated/α-hetero) is 1. The Kier molecular flexibility index (Phi) is 20.6. The van der Waals surface area contributed by atoms with Crippen LogP contribution in [0.25, 0.3) is 21.6 Å². The summed E-state index contributed by atoms with van der Waals surface area (Å²) < 4.78 is 17.4. The summed E-state index contributed by atoms with van der Waals surface area (Å²) >= 11 is 1.61. The van der Waals surface area contributed by atoms with Crippen LogP contribution >= 0.6 is 11.3 Å². The summed E-state index contributed by atoms with van der Waals surface area (Å²) in [4.78, 5) is 85.3. The number of anilines is 2. The molecule has 2 aromatic heterocycles. The summed E-state index contributed by atoms with van der Waals surface area (Å²) in [6.07, 6.45) is 3.37. The van der Waals surface area contributed by atoms with Crippen molar-refractivity contribution < 1.29 is 33.4 Å². The van der Waals surface area contributed by atoms with E-state index in [-0.39, 0.29) is 54.7 Å². The largest absolute Gasteiger partial charge is 0.381 e. The Labute approximate surface area is 477 Å². The SMILES string of the molecule is CCN(c1cc(-c2ccc(N3CCN(CCOCCOCC(=O)N[C@H](C(=O)N4C[C@H](C)C[C@H]4C(=O)CCc4ccc(-c5scnc5C)cc4)C(C)(C)C)CC3)cc2)cc(C(=O)NCc2c(C)cc(C)[nH]c2=O)c1C)C1CCOCC1. The number of nitrogens with one attached hydrogen (secondary N) is 3. The zero-order valence-electron chi connectivity index (χ0n) is 48.6. The van der Waals surface area contributed by atoms with E-state index in [0.717, 1.165) is 113 Å². The van der Waals surface area contributed by atoms with Crippen LogP contribution < -0.4 is 26.0 Å². The van der Waals surface area contributed by atoms with E-state index in [1.807, 2.05) is 66.1 Å². The highest BCUT2D eigenvalue weighted by molar-refractivity contribution is 7.13. The number of piperazine rings is 1. The molecule has 0 saturated carbocycles. The predicted octanol–water partition coefficient (Wildman–Crippen LogP) is 8.46. The van der Waals surface area contributed by atoms with Gasteiger partial charge in [-0.05, 0) is 135 Å². The van der Waals surface area contributed by atoms with E-state index in [9.17, 15) is 24.0 Å². The third kappa shape index (κ3) is 15.2. The third-order valence-electron chi connectivity index (χ3n) is 16.1. The number of hydrogen-bond acceptors (Lipinski definition) is 13. The average molecular weight is 1110 g/mol. The molecule has 3 saturated heterocycles. The van der Waals surface area contributed by atoms with Crippen LogP contribution in [0.3, 0.4) is 0 Å². The Morgan fingerprint density at radius 2 is 1.59 bits per heavy atom. The lowest BCUT2D eigenvalue weighted by atomic mass is 9.85. The summed E-state index contributed by atoms with van der Waals surface area (Å²) in [6.45, 7) is 25.8. The van der Waals surface area contributed by atoms with Crippen molar-refractivity contribution in [3.63, 3.8) is 0 Å². The van der Waals surface area contributed by atoms with E-state index in [2.05, 4.69) is 104 Å². The molecule has 5 aromatic rings. The van der Waals surface area contributed by atoms with E-state index in [1.54, 1.807) is 16.2 Å². The predicted molar refractivity (Wildman–Crippen MR) is 318 cm³/mol. The minimum absolute atomic E-state index is 0.0439. The first-order valence-electron chi connectivity index (χ1n) is 28.7. The molecule has 0 unspecified atom stereocenters. The van der Waals surface area contributed by atoms with Crippen LogP contribution in [0.5, 0.6) is 0 Å². The van der Waals surface area contributed by atoms with E-state index in [0.29, 0.717) is 69.4 Å². The lowest BCUT2D eigenvalue weighted by Crippen LogP contribution is -2.57. The van der Waals surface area contributed by atoms with Gasteiger partial charge in [-0.3, -0.25) is 28.9 Å². The lowest BCUT2D eigenvalue weighted by molar-refractivity contribution is -0.144. The number of carbonyl (C=O) groups excluding carboxylic acids is 4. The van der Waals surface area contributed by atoms with Gasteiger partial charge in [-0.15, -0.1) is 11.3 Å². The monoisotopic (exact) mass is 1110 g/mol. The van der Waals surface area contributed by atoms with Gasteiger partial charge in [0.15, 0.2) is 5.78 Å². The molecule has 3 fully saturated rings. The van der Waals surface area contributed by atoms with Crippen molar-refractivity contribution in [3.05, 3.63) is 122 Å². The normalized spacial score (nSPS) is 17.6. The molecule has 5 heterocycles. The second kappa shape index (κ2) is 27.5. The van der Waals surface area contributed by atoms with Crippen molar-refractivity contribution in [2.75, 3.05) is 95.3 Å². The zero-order valence-corrected chi connectivity index (χ0v) is 49.4. The minimum Gasteiger partial charge on any atom is -0.381 e. The highest BCUT2D eigenvalue weighted by Crippen LogP contribution is 2.36. The molecule has 3 aliphatic rings. The Balaban J connectivity index is 0.771. The standard InChI is InChI=1S/C63H84N8O8S/c1-10-70(51-21-28-77-29-22-51)54-36-49(35-52(44(54)5)60(74)64-37-53-42(3)34-43(4)66-61(53)75)47-16-18-50(19-17-47)69-25-23-68(24-26-69)27-30-78-31-32-79-39-57(73)67-59(63(7,8)9)62(76)71-38-41(2)33-55(71)56(72)20-13-46-11-14-48(15-12-46)58-45(6)65-40-80-58/h11-12,14-19,34-36,40-41,51,55,59H,10,13,20-33,37-39H2,1-9H3,(H,64,74)(H,66,75)(H,67,73)/t41-,55+,59-/m1/s1. The Morgan fingerprint density at radius 1 is 0.887 bits per heavy atom. The van der Waals surface area contributed by atoms with E-state index in [4.69, 9.17) is 14.2 Å². The van der Waals surface area contributed by atoms with E-state index < -0.39 is 17.5 Å². The number of carbonyl (C=O) groups is 4. The number of likely N-dealkylation sites (tertiary alicyclic amines) is 1. The summed E-state index contributed by atoms with van der Waals surface area (Å²) in [5.74, 6) is -0.623. The second-order valence-electron chi connectivity index (χ2n) is 23.1. The van der Waals surface area contributed by atoms with Gasteiger partial charge in [-0.1, -0.05) is 64.1 Å². The fraction of sp³-hybridized carbons (Fsp3) is 0.524. The van der Waals surface area contributed by atoms with Gasteiger partial charge < -0.3 is 44.5 Å². The minimum atomic E-state index is -0.824. The maximum Gasteiger partial charge on any atom is 0.253 e. The van der Waals surface area contributed by atoms with Crippen molar-refractivity contribution in [3.8, 4) is 21.6 Å². The van der Waals surface area contributed by atoms with Crippen LogP contribution in [-0.2, 0) is 41.6 Å². The van der Waals surface area contributed by atoms with Crippen LogP contribution in [0.15, 0.2) is 77.0 Å². The smallest absolute Gasteiger partial charge is 0.253 e. The van der Waals surface area contributed by atoms with Crippen LogP contribution in [0, 0.1) is 39.0 Å². The number of rotatable bonds is 23. The van der Waals surface area contributed by atoms with Gasteiger partial charge >= 0.3 is 0 Å². The molecule has 3 aliphatic heterocycles. The van der Waals surface area contributed by atoms with Crippen molar-refractivity contribution in [1.29, 1.82) is 0 Å². The Hall–Kier alpha value is -6.24. The number of aromatic nitrogens is 2. The zero-order chi connectivity index (χ0) is 57.1. The van der Waals surface area contributed by atoms with Gasteiger partial charge in [0, 0.05) is 106 Å². The number of ketones is 1. The van der Waals surface area contributed by atoms with Gasteiger partial charge in [0.1, 0.15) is 12.6 Å². The molecule has 16 nitrogen and oxygen atoms in total. The van der Waals surface area contributed by atoms with Crippen LogP contribution in [0.4, 0.5) is 11.4 Å². The van der Waals surface area contributed by atoms with E-state index >= 15 is 0 Å². The third-order valence-corrected chi connectivity index (χ3v) is 17.1. The second-order valence-corrected chi connectivity index (χ2v) is 24.0. The first-order valence-corrected chi connectivity index (χ1v) is 29.6. The molecule has 17 heteroatoms. The number of H-pyrrole nitrogens is 1. The van der Waals surface area contributed by atoms with Crippen molar-refractivity contribution >= 4 is 46.2 Å². The molecule has 0 spiro atoms. The number of amides is 3. The summed E-state index contributed by atoms with van der Waals surface area (Å²) in [7, 11) is 0. The number of nitrogens with zero attached hydrogens (tertiary/aromatic N) is 5. The maximum atomic E-state index is 14.2. The molecule has 3 N–H and O–H groups in total. The molecule has 0 bridgehead atoms. The summed E-state index contributed by atoms with van der Waals surface area (Å²) in [5.41, 5.74) is 12.1. The first kappa shape index (κ1) is 59.9. The van der Waals surface area contributed by atoms with Gasteiger partial charge in [0.2, 0.25) is 11.8 Å². The fourth-order valence-electron chi connectivity index (χ4n) is 11.5. The summed E-state index contributed by atoms with van der Waals surface area (Å²) in [6, 6.07) is 22.0. The first-order chi connectivity index (χ1) is 38.4. The van der Waals surface area contributed by atoms with E-state index in [1.165, 1.54) is 0 Å². The van der Waals surface area contributed by atoms with Crippen molar-refractivity contribution in [2.24, 2.45) is 11.3 Å². The number of pyridine rings is 1. The number of thiazole rings is 1. The van der Waals surface area contributed by atoms with Crippen LogP contribution in [0.1, 0.15) is 104 Å². The topological polar surface area (TPSA) is 179 Å². The van der Waals surface area contributed by atoms with Crippen LogP contribution in [-0.4, -0.2) is 147 Å². The number of aromatic amines is 1.